The molecule has 160 valence electrons. The smallest absolute Gasteiger partial charge is 0.0854 e. The lowest BCUT2D eigenvalue weighted by Crippen LogP contribution is -2.04. The Morgan fingerprint density at radius 2 is 1.48 bits per heavy atom. The third-order valence-electron chi connectivity index (χ3n) is 5.52. The largest absolute Gasteiger partial charge is 0.135 e. The van der Waals surface area contributed by atoms with E-state index in [0.29, 0.717) is 0 Å². The lowest BCUT2D eigenvalue weighted by molar-refractivity contribution is 0.404. The van der Waals surface area contributed by atoms with Crippen LogP contribution in [0.1, 0.15) is 106 Å². The number of halogens is 1. The van der Waals surface area contributed by atoms with Crippen LogP contribution >= 0.6 is 38.6 Å². The fraction of sp³-hybridized carbons (Fsp3) is 0.615. The molecular formula is C26H37BrS2. The molecule has 0 aliphatic heterocycles. The summed E-state index contributed by atoms with van der Waals surface area (Å²) in [5.74, 6) is 7.52. The molecule has 2 heterocycles. The van der Waals surface area contributed by atoms with E-state index in [0.717, 1.165) is 15.3 Å². The average molecular weight is 494 g/mol. The van der Waals surface area contributed by atoms with E-state index in [1.54, 1.807) is 11.3 Å². The summed E-state index contributed by atoms with van der Waals surface area (Å²) in [6, 6.07) is 6.62. The Labute approximate surface area is 195 Å². The van der Waals surface area contributed by atoms with Gasteiger partial charge in [0, 0.05) is 10.4 Å². The van der Waals surface area contributed by atoms with E-state index < -0.39 is 0 Å². The second-order valence-corrected chi connectivity index (χ2v) is 11.5. The van der Waals surface area contributed by atoms with Crippen molar-refractivity contribution in [2.45, 2.75) is 97.3 Å². The highest BCUT2D eigenvalue weighted by molar-refractivity contribution is 9.11. The molecule has 29 heavy (non-hydrogen) atoms. The zero-order chi connectivity index (χ0) is 20.7. The Morgan fingerprint density at radius 3 is 2.14 bits per heavy atom. The molecule has 0 amide bonds. The molecule has 0 spiro atoms. The van der Waals surface area contributed by atoms with Crippen LogP contribution in [0.2, 0.25) is 0 Å². The van der Waals surface area contributed by atoms with Gasteiger partial charge >= 0.3 is 0 Å². The van der Waals surface area contributed by atoms with Crippen molar-refractivity contribution in [1.82, 2.24) is 0 Å². The molecule has 0 radical (unpaired) electrons. The summed E-state index contributed by atoms with van der Waals surface area (Å²) in [7, 11) is 0. The Balaban J connectivity index is 1.85. The second-order valence-electron chi connectivity index (χ2n) is 8.10. The summed E-state index contributed by atoms with van der Waals surface area (Å²) in [5, 5.41) is 2.08. The van der Waals surface area contributed by atoms with Crippen LogP contribution in [0, 0.1) is 17.8 Å². The van der Waals surface area contributed by atoms with Gasteiger partial charge in [-0.25, -0.2) is 0 Å². The number of unbranched alkanes of at least 4 members (excludes halogenated alkanes) is 8. The van der Waals surface area contributed by atoms with E-state index in [-0.39, 0.29) is 0 Å². The Kier molecular flexibility index (Phi) is 13.0. The maximum Gasteiger partial charge on any atom is 0.0854 e. The first-order valence-corrected chi connectivity index (χ1v) is 14.1. The van der Waals surface area contributed by atoms with Crippen molar-refractivity contribution in [2.75, 3.05) is 0 Å². The number of rotatable bonds is 14. The molecule has 0 aliphatic rings. The molecule has 2 rings (SSSR count). The summed E-state index contributed by atoms with van der Waals surface area (Å²) in [6.45, 7) is 4.60. The predicted molar refractivity (Wildman–Crippen MR) is 136 cm³/mol. The molecule has 0 aromatic carbocycles. The van der Waals surface area contributed by atoms with Crippen molar-refractivity contribution in [3.05, 3.63) is 42.7 Å². The van der Waals surface area contributed by atoms with E-state index >= 15 is 0 Å². The summed E-state index contributed by atoms with van der Waals surface area (Å²) in [4.78, 5) is 2.72. The van der Waals surface area contributed by atoms with Gasteiger partial charge in [-0.05, 0) is 51.8 Å². The SMILES string of the molecule is CCCCCCCCC(CCCCCC)Cc1ccc(C#Cc2ccsc2Br)s1. The minimum Gasteiger partial charge on any atom is -0.135 e. The first kappa shape index (κ1) is 24.7. The monoisotopic (exact) mass is 492 g/mol. The van der Waals surface area contributed by atoms with Gasteiger partial charge in [0.25, 0.3) is 0 Å². The summed E-state index contributed by atoms with van der Waals surface area (Å²) >= 11 is 7.17. The van der Waals surface area contributed by atoms with Crippen molar-refractivity contribution in [3.8, 4) is 11.8 Å². The fourth-order valence-electron chi connectivity index (χ4n) is 3.77. The van der Waals surface area contributed by atoms with Crippen molar-refractivity contribution < 1.29 is 0 Å². The topological polar surface area (TPSA) is 0 Å². The van der Waals surface area contributed by atoms with Gasteiger partial charge in [0.05, 0.1) is 8.66 Å². The van der Waals surface area contributed by atoms with Gasteiger partial charge in [-0.1, -0.05) is 103 Å². The van der Waals surface area contributed by atoms with Gasteiger partial charge in [0.2, 0.25) is 0 Å². The maximum atomic E-state index is 3.58. The Hall–Kier alpha value is -0.560. The molecule has 0 bridgehead atoms. The molecule has 0 saturated heterocycles. The van der Waals surface area contributed by atoms with Crippen LogP contribution in [0.4, 0.5) is 0 Å². The minimum absolute atomic E-state index is 0.850. The molecule has 0 N–H and O–H groups in total. The van der Waals surface area contributed by atoms with E-state index in [2.05, 4.69) is 65.2 Å². The zero-order valence-electron chi connectivity index (χ0n) is 18.3. The fourth-order valence-corrected chi connectivity index (χ4v) is 5.87. The summed E-state index contributed by atoms with van der Waals surface area (Å²) < 4.78 is 1.13. The first-order chi connectivity index (χ1) is 14.2. The molecule has 0 fully saturated rings. The standard InChI is InChI=1S/C26H37BrS2/c1-3-5-7-9-10-12-14-22(13-11-8-6-4-2)21-25-18-17-24(29-25)16-15-23-19-20-28-26(23)27/h17-20,22H,3-14,21H2,1-2H3. The van der Waals surface area contributed by atoms with Gasteiger partial charge in [0.15, 0.2) is 0 Å². The highest BCUT2D eigenvalue weighted by atomic mass is 79.9. The van der Waals surface area contributed by atoms with Crippen LogP contribution in [-0.2, 0) is 6.42 Å². The van der Waals surface area contributed by atoms with E-state index in [1.807, 2.05) is 11.3 Å². The van der Waals surface area contributed by atoms with Gasteiger partial charge in [0.1, 0.15) is 0 Å². The van der Waals surface area contributed by atoms with Gasteiger partial charge < -0.3 is 0 Å². The predicted octanol–water partition coefficient (Wildman–Crippen LogP) is 9.85. The molecule has 0 nitrogen and oxygen atoms in total. The molecular weight excluding hydrogens is 456 g/mol. The Morgan fingerprint density at radius 1 is 0.828 bits per heavy atom. The molecule has 3 heteroatoms. The summed E-state index contributed by atoms with van der Waals surface area (Å²) in [5.41, 5.74) is 1.10. The maximum absolute atomic E-state index is 3.58. The molecule has 1 atom stereocenters. The zero-order valence-corrected chi connectivity index (χ0v) is 21.5. The van der Waals surface area contributed by atoms with Crippen molar-refractivity contribution >= 4 is 38.6 Å². The summed E-state index contributed by atoms with van der Waals surface area (Å²) in [6.07, 6.45) is 18.0. The first-order valence-electron chi connectivity index (χ1n) is 11.6. The number of hydrogen-bond donors (Lipinski definition) is 0. The molecule has 0 saturated carbocycles. The van der Waals surface area contributed by atoms with E-state index in [9.17, 15) is 0 Å². The number of thiophene rings is 2. The van der Waals surface area contributed by atoms with Crippen molar-refractivity contribution in [1.29, 1.82) is 0 Å². The van der Waals surface area contributed by atoms with Crippen LogP contribution in [0.3, 0.4) is 0 Å². The van der Waals surface area contributed by atoms with Crippen molar-refractivity contribution in [3.63, 3.8) is 0 Å². The quantitative estimate of drug-likeness (QED) is 0.181. The molecule has 2 aromatic heterocycles. The van der Waals surface area contributed by atoms with Gasteiger partial charge in [-0.3, -0.25) is 0 Å². The molecule has 2 aromatic rings. The van der Waals surface area contributed by atoms with Crippen LogP contribution in [0.15, 0.2) is 27.4 Å². The lowest BCUT2D eigenvalue weighted by atomic mass is 9.91. The van der Waals surface area contributed by atoms with Crippen LogP contribution in [0.25, 0.3) is 0 Å². The van der Waals surface area contributed by atoms with Gasteiger partial charge in [-0.15, -0.1) is 22.7 Å². The molecule has 0 aliphatic carbocycles. The van der Waals surface area contributed by atoms with E-state index in [1.165, 1.54) is 93.2 Å². The average Bonchev–Trinajstić information content (AvgIpc) is 3.34. The van der Waals surface area contributed by atoms with E-state index in [4.69, 9.17) is 0 Å². The normalized spacial score (nSPS) is 12.0. The second kappa shape index (κ2) is 15.3. The highest BCUT2D eigenvalue weighted by Crippen LogP contribution is 2.27. The third-order valence-corrected chi connectivity index (χ3v) is 8.23. The van der Waals surface area contributed by atoms with Crippen LogP contribution in [0.5, 0.6) is 0 Å². The minimum atomic E-state index is 0.850. The Bertz CT molecular complexity index is 731. The number of hydrogen-bond acceptors (Lipinski definition) is 2. The van der Waals surface area contributed by atoms with Gasteiger partial charge in [-0.2, -0.15) is 0 Å². The molecule has 1 unspecified atom stereocenters. The highest BCUT2D eigenvalue weighted by Gasteiger charge is 2.11. The van der Waals surface area contributed by atoms with Crippen molar-refractivity contribution in [2.24, 2.45) is 5.92 Å². The third kappa shape index (κ3) is 10.3. The van der Waals surface area contributed by atoms with Crippen LogP contribution in [-0.4, -0.2) is 0 Å². The lowest BCUT2D eigenvalue weighted by Gasteiger charge is -2.16. The van der Waals surface area contributed by atoms with Crippen LogP contribution < -0.4 is 0 Å².